The van der Waals surface area contributed by atoms with Gasteiger partial charge in [0.25, 0.3) is 11.6 Å². The smallest absolute Gasteiger partial charge is 0.281 e. The number of benzene rings is 4. The number of methoxy groups -OCH3 is 1. The van der Waals surface area contributed by atoms with E-state index >= 15 is 0 Å². The number of carbonyl (C=O) groups is 1. The first-order chi connectivity index (χ1) is 18.9. The Bertz CT molecular complexity index is 1590. The zero-order chi connectivity index (χ0) is 27.4. The number of non-ortho nitro benzene ring substituents is 1. The summed E-state index contributed by atoms with van der Waals surface area (Å²) in [6, 6.07) is 28.2. The van der Waals surface area contributed by atoms with Gasteiger partial charge in [-0.1, -0.05) is 60.1 Å². The lowest BCUT2D eigenvalue weighted by molar-refractivity contribution is -0.384. The van der Waals surface area contributed by atoms with E-state index in [0.29, 0.717) is 34.0 Å². The molecule has 4 aromatic carbocycles. The van der Waals surface area contributed by atoms with Crippen molar-refractivity contribution in [3.8, 4) is 11.5 Å². The second-order valence-corrected chi connectivity index (χ2v) is 8.98. The van der Waals surface area contributed by atoms with E-state index < -0.39 is 4.92 Å². The minimum Gasteiger partial charge on any atom is -0.493 e. The first-order valence-corrected chi connectivity index (χ1v) is 12.3. The van der Waals surface area contributed by atoms with Gasteiger partial charge < -0.3 is 9.47 Å². The highest BCUT2D eigenvalue weighted by Crippen LogP contribution is 2.38. The molecule has 1 amide bonds. The highest BCUT2D eigenvalue weighted by atomic mass is 35.5. The van der Waals surface area contributed by atoms with Crippen molar-refractivity contribution in [3.63, 3.8) is 0 Å². The molecule has 0 saturated carbocycles. The maximum absolute atomic E-state index is 13.5. The van der Waals surface area contributed by atoms with E-state index in [1.807, 2.05) is 60.7 Å². The number of halogens is 1. The van der Waals surface area contributed by atoms with Gasteiger partial charge in [-0.25, -0.2) is 0 Å². The normalized spacial score (nSPS) is 13.9. The third-order valence-corrected chi connectivity index (χ3v) is 6.30. The fourth-order valence-electron chi connectivity index (χ4n) is 4.10. The van der Waals surface area contributed by atoms with Crippen molar-refractivity contribution in [2.24, 2.45) is 5.10 Å². The summed E-state index contributed by atoms with van der Waals surface area (Å²) in [6.45, 7) is 0.129. The lowest BCUT2D eigenvalue weighted by Crippen LogP contribution is -2.21. The van der Waals surface area contributed by atoms with Gasteiger partial charge in [0.15, 0.2) is 11.5 Å². The van der Waals surface area contributed by atoms with E-state index in [4.69, 9.17) is 21.1 Å². The molecule has 0 spiro atoms. The lowest BCUT2D eigenvalue weighted by atomic mass is 10.00. The summed E-state index contributed by atoms with van der Waals surface area (Å²) in [6.07, 6.45) is 1.73. The van der Waals surface area contributed by atoms with Crippen LogP contribution in [0.5, 0.6) is 11.5 Å². The molecule has 4 aromatic rings. The molecule has 0 bridgehead atoms. The minimum atomic E-state index is -0.458. The fraction of sp³-hybridized carbons (Fsp3) is 0.0667. The van der Waals surface area contributed by atoms with Gasteiger partial charge in [0.2, 0.25) is 0 Å². The number of nitro benzene ring substituents is 1. The van der Waals surface area contributed by atoms with Gasteiger partial charge >= 0.3 is 0 Å². The number of nitro groups is 1. The summed E-state index contributed by atoms with van der Waals surface area (Å²) in [7, 11) is 1.50. The van der Waals surface area contributed by atoms with E-state index in [1.165, 1.54) is 24.3 Å². The highest BCUT2D eigenvalue weighted by molar-refractivity contribution is 6.37. The second kappa shape index (κ2) is 11.2. The quantitative estimate of drug-likeness (QED) is 0.141. The predicted molar refractivity (Wildman–Crippen MR) is 150 cm³/mol. The number of anilines is 1. The van der Waals surface area contributed by atoms with Crippen LogP contribution in [0.4, 0.5) is 11.4 Å². The topological polar surface area (TPSA) is 94.3 Å². The van der Waals surface area contributed by atoms with E-state index in [-0.39, 0.29) is 23.2 Å². The molecule has 194 valence electrons. The van der Waals surface area contributed by atoms with E-state index in [1.54, 1.807) is 30.3 Å². The standard InChI is InChI=1S/C30H22ClN3O5/c1-38-27-18-21(17-26(31)29(27)39-19-20-12-14-24(15-13-20)34(36)37)16-25-28(22-8-4-2-5-9-22)32-33(30(25)35)23-10-6-3-7-11-23/h2-18H,19H2,1H3/b25-16-. The Kier molecular flexibility index (Phi) is 7.38. The number of hydrogen-bond donors (Lipinski definition) is 0. The first kappa shape index (κ1) is 25.7. The van der Waals surface area contributed by atoms with Crippen LogP contribution >= 0.6 is 11.6 Å². The van der Waals surface area contributed by atoms with Crippen LogP contribution in [-0.2, 0) is 11.4 Å². The molecule has 5 rings (SSSR count). The van der Waals surface area contributed by atoms with Gasteiger partial charge in [0.05, 0.1) is 28.3 Å². The van der Waals surface area contributed by atoms with Crippen molar-refractivity contribution >= 4 is 40.7 Å². The Morgan fingerprint density at radius 1 is 0.974 bits per heavy atom. The molecule has 9 heteroatoms. The molecule has 0 saturated heterocycles. The number of carbonyl (C=O) groups excluding carboxylic acids is 1. The number of amides is 1. The molecule has 39 heavy (non-hydrogen) atoms. The summed E-state index contributed by atoms with van der Waals surface area (Å²) < 4.78 is 11.5. The Balaban J connectivity index is 1.46. The van der Waals surface area contributed by atoms with Crippen LogP contribution in [0.3, 0.4) is 0 Å². The molecule has 0 N–H and O–H groups in total. The average Bonchev–Trinajstić information content (AvgIpc) is 3.28. The number of hydrazone groups is 1. The zero-order valence-corrected chi connectivity index (χ0v) is 21.5. The molecule has 0 radical (unpaired) electrons. The lowest BCUT2D eigenvalue weighted by Gasteiger charge is -2.14. The Labute approximate surface area is 229 Å². The maximum Gasteiger partial charge on any atom is 0.281 e. The summed E-state index contributed by atoms with van der Waals surface area (Å²) in [5.74, 6) is 0.425. The van der Waals surface area contributed by atoms with Crippen molar-refractivity contribution in [1.82, 2.24) is 0 Å². The zero-order valence-electron chi connectivity index (χ0n) is 20.8. The summed E-state index contributed by atoms with van der Waals surface area (Å²) in [5.41, 5.74) is 3.76. The SMILES string of the molecule is COc1cc(/C=C2\C(=O)N(c3ccccc3)N=C2c2ccccc2)cc(Cl)c1OCc1ccc([N+](=O)[O-])cc1. The number of nitrogens with zero attached hydrogens (tertiary/aromatic N) is 3. The average molecular weight is 540 g/mol. The molecule has 1 aliphatic heterocycles. The van der Waals surface area contributed by atoms with Crippen molar-refractivity contribution in [2.45, 2.75) is 6.61 Å². The molecule has 1 heterocycles. The molecule has 0 fully saturated rings. The number of rotatable bonds is 8. The van der Waals surface area contributed by atoms with Gasteiger partial charge in [-0.05, 0) is 53.6 Å². The third kappa shape index (κ3) is 5.51. The molecule has 8 nitrogen and oxygen atoms in total. The van der Waals surface area contributed by atoms with Crippen molar-refractivity contribution in [3.05, 3.63) is 134 Å². The van der Waals surface area contributed by atoms with Crippen molar-refractivity contribution < 1.29 is 19.2 Å². The summed E-state index contributed by atoms with van der Waals surface area (Å²) in [4.78, 5) is 24.0. The molecular formula is C30H22ClN3O5. The fourth-order valence-corrected chi connectivity index (χ4v) is 4.37. The number of hydrogen-bond acceptors (Lipinski definition) is 6. The highest BCUT2D eigenvalue weighted by Gasteiger charge is 2.32. The van der Waals surface area contributed by atoms with Crippen LogP contribution < -0.4 is 14.5 Å². The Hall–Kier alpha value is -4.95. The van der Waals surface area contributed by atoms with Crippen molar-refractivity contribution in [2.75, 3.05) is 12.1 Å². The van der Waals surface area contributed by atoms with Gasteiger partial charge in [-0.15, -0.1) is 0 Å². The van der Waals surface area contributed by atoms with Crippen LogP contribution in [0.25, 0.3) is 6.08 Å². The van der Waals surface area contributed by atoms with Crippen LogP contribution in [0.2, 0.25) is 5.02 Å². The number of para-hydroxylation sites is 1. The summed E-state index contributed by atoms with van der Waals surface area (Å²) in [5, 5.41) is 17.2. The minimum absolute atomic E-state index is 0.00236. The van der Waals surface area contributed by atoms with Crippen LogP contribution in [0, 0.1) is 10.1 Å². The molecule has 0 aliphatic carbocycles. The van der Waals surface area contributed by atoms with Crippen LogP contribution in [0.15, 0.2) is 108 Å². The van der Waals surface area contributed by atoms with E-state index in [0.717, 1.165) is 11.1 Å². The molecule has 0 atom stereocenters. The molecule has 0 aromatic heterocycles. The molecule has 0 unspecified atom stereocenters. The largest absolute Gasteiger partial charge is 0.493 e. The van der Waals surface area contributed by atoms with Gasteiger partial charge in [-0.3, -0.25) is 14.9 Å². The number of ether oxygens (including phenoxy) is 2. The maximum atomic E-state index is 13.5. The molecular weight excluding hydrogens is 518 g/mol. The Morgan fingerprint density at radius 2 is 1.64 bits per heavy atom. The third-order valence-electron chi connectivity index (χ3n) is 6.02. The van der Waals surface area contributed by atoms with E-state index in [2.05, 4.69) is 5.10 Å². The predicted octanol–water partition coefficient (Wildman–Crippen LogP) is 6.67. The van der Waals surface area contributed by atoms with Crippen LogP contribution in [0.1, 0.15) is 16.7 Å². The van der Waals surface area contributed by atoms with E-state index in [9.17, 15) is 14.9 Å². The first-order valence-electron chi connectivity index (χ1n) is 11.9. The van der Waals surface area contributed by atoms with Gasteiger partial charge in [0.1, 0.15) is 12.3 Å². The second-order valence-electron chi connectivity index (χ2n) is 8.57. The summed E-state index contributed by atoms with van der Waals surface area (Å²) >= 11 is 6.60. The van der Waals surface area contributed by atoms with Gasteiger partial charge in [-0.2, -0.15) is 10.1 Å². The van der Waals surface area contributed by atoms with Gasteiger partial charge in [0, 0.05) is 17.7 Å². The van der Waals surface area contributed by atoms with Crippen molar-refractivity contribution in [1.29, 1.82) is 0 Å². The monoisotopic (exact) mass is 539 g/mol. The van der Waals surface area contributed by atoms with Crippen LogP contribution in [-0.4, -0.2) is 23.7 Å². The Morgan fingerprint density at radius 3 is 2.28 bits per heavy atom. The molecule has 1 aliphatic rings.